The van der Waals surface area contributed by atoms with E-state index in [1.807, 2.05) is 5.92 Å². The summed E-state index contributed by atoms with van der Waals surface area (Å²) in [6.07, 6.45) is 19.4. The zero-order valence-corrected chi connectivity index (χ0v) is 16.3. The molecule has 0 nitrogen and oxygen atoms in total. The fraction of sp³-hybridized carbons (Fsp3) is 0.950. The van der Waals surface area contributed by atoms with Gasteiger partial charge in [-0.05, 0) is 74.5 Å². The van der Waals surface area contributed by atoms with Crippen LogP contribution >= 0.6 is 0 Å². The Morgan fingerprint density at radius 2 is 1.00 bits per heavy atom. The minimum absolute atomic E-state index is 0. The Morgan fingerprint density at radius 3 is 1.48 bits per heavy atom. The first-order valence-electron chi connectivity index (χ1n) is 9.56. The predicted octanol–water partition coefficient (Wildman–Crippen LogP) is 5.37. The first-order valence-corrected chi connectivity index (χ1v) is 9.56. The molecule has 0 spiro atoms. The van der Waals surface area contributed by atoms with Crippen molar-refractivity contribution in [3.63, 3.8) is 0 Å². The average molecular weight is 358 g/mol. The van der Waals surface area contributed by atoms with E-state index in [0.29, 0.717) is 0 Å². The number of hydrogen-bond donors (Lipinski definition) is 0. The molecule has 8 saturated carbocycles. The van der Waals surface area contributed by atoms with Gasteiger partial charge < -0.3 is 5.92 Å². The van der Waals surface area contributed by atoms with Gasteiger partial charge in [0.2, 0.25) is 0 Å². The van der Waals surface area contributed by atoms with Crippen LogP contribution in [0.3, 0.4) is 0 Å². The second-order valence-electron chi connectivity index (χ2n) is 10.2. The molecular weight excluding hydrogens is 329 g/mol. The van der Waals surface area contributed by atoms with Gasteiger partial charge in [0.05, 0.1) is 0 Å². The van der Waals surface area contributed by atoms with Gasteiger partial charge in [-0.15, -0.1) is 0 Å². The van der Waals surface area contributed by atoms with Gasteiger partial charge in [0.25, 0.3) is 0 Å². The molecule has 113 valence electrons. The molecule has 21 heavy (non-hydrogen) atoms. The summed E-state index contributed by atoms with van der Waals surface area (Å²) in [6, 6.07) is 0. The third-order valence-electron chi connectivity index (χ3n) is 8.93. The molecule has 0 aromatic carbocycles. The average Bonchev–Trinajstić information content (AvgIpc) is 2.35. The van der Waals surface area contributed by atoms with Crippen molar-refractivity contribution in [3.8, 4) is 0 Å². The molecule has 8 aliphatic rings. The molecule has 0 heterocycles. The Bertz CT molecular complexity index is 338. The molecule has 1 radical (unpaired) electrons. The smallest absolute Gasteiger partial charge is 0 e. The second kappa shape index (κ2) is 4.59. The minimum atomic E-state index is 0. The van der Waals surface area contributed by atoms with E-state index in [-0.39, 0.29) is 32.7 Å². The summed E-state index contributed by atoms with van der Waals surface area (Å²) in [7, 11) is 0. The summed E-state index contributed by atoms with van der Waals surface area (Å²) in [5.74, 6) is 7.73. The van der Waals surface area contributed by atoms with Gasteiger partial charge >= 0.3 is 0 Å². The summed E-state index contributed by atoms with van der Waals surface area (Å²) >= 11 is 0. The van der Waals surface area contributed by atoms with Crippen LogP contribution in [0.2, 0.25) is 0 Å². The third-order valence-corrected chi connectivity index (χ3v) is 8.93. The summed E-state index contributed by atoms with van der Waals surface area (Å²) < 4.78 is 0. The van der Waals surface area contributed by atoms with Gasteiger partial charge in [-0.2, -0.15) is 19.3 Å². The standard InChI is InChI=1S/C20H29.Y/c1-13-2-15-3-14(1)8-19(7-13,9-15)20-10-16-4-17(11-20)6-18(5-16)12-20;/h13-17H,1-12H2;/q-1;. The zero-order valence-electron chi connectivity index (χ0n) is 13.4. The summed E-state index contributed by atoms with van der Waals surface area (Å²) in [5, 5.41) is 0. The molecule has 8 bridgehead atoms. The van der Waals surface area contributed by atoms with Crippen LogP contribution in [0.5, 0.6) is 0 Å². The quantitative estimate of drug-likeness (QED) is 0.553. The van der Waals surface area contributed by atoms with Gasteiger partial charge in [0.1, 0.15) is 0 Å². The van der Waals surface area contributed by atoms with Crippen molar-refractivity contribution < 1.29 is 32.7 Å². The van der Waals surface area contributed by atoms with Gasteiger partial charge in [0.15, 0.2) is 0 Å². The van der Waals surface area contributed by atoms with Gasteiger partial charge in [-0.25, -0.2) is 0 Å². The Kier molecular flexibility index (Phi) is 3.16. The van der Waals surface area contributed by atoms with Gasteiger partial charge in [-0.1, -0.05) is 23.7 Å². The zero-order chi connectivity index (χ0) is 12.9. The van der Waals surface area contributed by atoms with Crippen LogP contribution in [0, 0.1) is 46.3 Å². The van der Waals surface area contributed by atoms with Crippen molar-refractivity contribution in [3.05, 3.63) is 5.92 Å². The van der Waals surface area contributed by atoms with Crippen molar-refractivity contribution >= 4 is 0 Å². The van der Waals surface area contributed by atoms with Crippen molar-refractivity contribution in [2.24, 2.45) is 40.4 Å². The molecule has 0 aliphatic heterocycles. The molecule has 8 fully saturated rings. The molecule has 2 atom stereocenters. The van der Waals surface area contributed by atoms with E-state index in [9.17, 15) is 0 Å². The van der Waals surface area contributed by atoms with E-state index in [2.05, 4.69) is 0 Å². The first kappa shape index (κ1) is 14.4. The van der Waals surface area contributed by atoms with Crippen LogP contribution < -0.4 is 0 Å². The van der Waals surface area contributed by atoms with Crippen LogP contribution in [0.1, 0.15) is 77.0 Å². The first-order chi connectivity index (χ1) is 9.72. The van der Waals surface area contributed by atoms with Crippen LogP contribution in [0.15, 0.2) is 0 Å². The maximum atomic E-state index is 2.03. The van der Waals surface area contributed by atoms with E-state index in [0.717, 1.165) is 40.4 Å². The third kappa shape index (κ3) is 1.87. The molecule has 0 saturated heterocycles. The molecule has 0 aromatic heterocycles. The number of rotatable bonds is 1. The Morgan fingerprint density at radius 1 is 0.571 bits per heavy atom. The molecular formula is C20H29Y-. The fourth-order valence-corrected chi connectivity index (χ4v) is 9.19. The normalized spacial score (nSPS) is 60.3. The predicted molar refractivity (Wildman–Crippen MR) is 81.0 cm³/mol. The maximum absolute atomic E-state index is 2.03. The van der Waals surface area contributed by atoms with E-state index in [4.69, 9.17) is 0 Å². The largest absolute Gasteiger partial charge is 0.313 e. The van der Waals surface area contributed by atoms with E-state index < -0.39 is 0 Å². The van der Waals surface area contributed by atoms with E-state index >= 15 is 0 Å². The maximum Gasteiger partial charge on any atom is 0 e. The van der Waals surface area contributed by atoms with Crippen molar-refractivity contribution in [1.82, 2.24) is 0 Å². The number of hydrogen-bond acceptors (Lipinski definition) is 0. The summed E-state index contributed by atoms with van der Waals surface area (Å²) in [4.78, 5) is 0. The molecule has 0 aromatic rings. The van der Waals surface area contributed by atoms with Crippen molar-refractivity contribution in [2.75, 3.05) is 0 Å². The van der Waals surface area contributed by atoms with Crippen LogP contribution in [-0.2, 0) is 32.7 Å². The summed E-state index contributed by atoms with van der Waals surface area (Å²) in [5.41, 5.74) is 1.66. The Hall–Kier alpha value is 1.10. The molecule has 0 amide bonds. The Balaban J connectivity index is 0.00000104. The minimum Gasteiger partial charge on any atom is -0.313 e. The monoisotopic (exact) mass is 358 g/mol. The molecule has 1 heteroatoms. The second-order valence-corrected chi connectivity index (χ2v) is 10.2. The fourth-order valence-electron chi connectivity index (χ4n) is 9.19. The Labute approximate surface area is 155 Å². The van der Waals surface area contributed by atoms with Gasteiger partial charge in [-0.3, -0.25) is 0 Å². The molecule has 8 aliphatic carbocycles. The van der Waals surface area contributed by atoms with Gasteiger partial charge in [0, 0.05) is 32.7 Å². The van der Waals surface area contributed by atoms with Crippen LogP contribution in [0.4, 0.5) is 0 Å². The van der Waals surface area contributed by atoms with E-state index in [1.165, 1.54) is 0 Å². The van der Waals surface area contributed by atoms with Crippen LogP contribution in [-0.4, -0.2) is 0 Å². The van der Waals surface area contributed by atoms with Crippen LogP contribution in [0.25, 0.3) is 0 Å². The van der Waals surface area contributed by atoms with E-state index in [1.54, 1.807) is 77.0 Å². The molecule has 2 unspecified atom stereocenters. The molecule has 0 N–H and O–H groups in total. The summed E-state index contributed by atoms with van der Waals surface area (Å²) in [6.45, 7) is 0. The SMILES string of the molecule is C1[C-]2CC3CC1CC(C14CC5CC(CC(C5)C1)C4)(C2)C3.[Y]. The topological polar surface area (TPSA) is 0 Å². The van der Waals surface area contributed by atoms with Crippen molar-refractivity contribution in [1.29, 1.82) is 0 Å². The van der Waals surface area contributed by atoms with Crippen molar-refractivity contribution in [2.45, 2.75) is 77.0 Å². The molecule has 8 rings (SSSR count).